The molecule has 0 saturated heterocycles. The SMILES string of the molecule is C=C(/C=N\C=C(/C)I)CNCC/C=C\[C@H](C)CC. The maximum absolute atomic E-state index is 4.17. The third-order valence-electron chi connectivity index (χ3n) is 2.46. The molecule has 0 unspecified atom stereocenters. The van der Waals surface area contributed by atoms with E-state index in [1.807, 2.05) is 19.3 Å². The average molecular weight is 360 g/mol. The molecule has 0 aliphatic carbocycles. The Bertz CT molecular complexity index is 312. The number of hydrogen-bond acceptors (Lipinski definition) is 2. The number of nitrogens with one attached hydrogen (secondary N) is 1. The molecule has 3 heteroatoms. The van der Waals surface area contributed by atoms with Gasteiger partial charge in [-0.25, -0.2) is 0 Å². The van der Waals surface area contributed by atoms with Crippen molar-refractivity contribution in [2.45, 2.75) is 33.6 Å². The third kappa shape index (κ3) is 12.0. The fourth-order valence-electron chi connectivity index (χ4n) is 1.19. The van der Waals surface area contributed by atoms with Crippen LogP contribution in [0.3, 0.4) is 0 Å². The predicted octanol–water partition coefficient (Wildman–Crippen LogP) is 4.49. The molecule has 0 rings (SSSR count). The summed E-state index contributed by atoms with van der Waals surface area (Å²) >= 11 is 2.24. The molecule has 0 amide bonds. The highest BCUT2D eigenvalue weighted by molar-refractivity contribution is 14.1. The lowest BCUT2D eigenvalue weighted by atomic mass is 10.1. The van der Waals surface area contributed by atoms with Crippen LogP contribution in [0.4, 0.5) is 0 Å². The molecule has 2 nitrogen and oxygen atoms in total. The van der Waals surface area contributed by atoms with Crippen LogP contribution in [0.25, 0.3) is 0 Å². The minimum Gasteiger partial charge on any atom is -0.312 e. The number of allylic oxidation sites excluding steroid dienone is 2. The van der Waals surface area contributed by atoms with Crippen molar-refractivity contribution in [2.24, 2.45) is 10.9 Å². The van der Waals surface area contributed by atoms with Gasteiger partial charge < -0.3 is 5.32 Å². The first kappa shape index (κ1) is 17.6. The van der Waals surface area contributed by atoms with Gasteiger partial charge in [-0.15, -0.1) is 0 Å². The summed E-state index contributed by atoms with van der Waals surface area (Å²) < 4.78 is 1.17. The molecule has 0 saturated carbocycles. The van der Waals surface area contributed by atoms with Gasteiger partial charge in [0.2, 0.25) is 0 Å². The Morgan fingerprint density at radius 3 is 2.83 bits per heavy atom. The minimum absolute atomic E-state index is 0.690. The van der Waals surface area contributed by atoms with Gasteiger partial charge in [0.15, 0.2) is 0 Å². The van der Waals surface area contributed by atoms with E-state index in [1.165, 1.54) is 10.0 Å². The van der Waals surface area contributed by atoms with Crippen LogP contribution in [0.1, 0.15) is 33.6 Å². The van der Waals surface area contributed by atoms with E-state index in [0.717, 1.165) is 25.1 Å². The molecule has 0 radical (unpaired) electrons. The predicted molar refractivity (Wildman–Crippen MR) is 91.5 cm³/mol. The van der Waals surface area contributed by atoms with Crippen LogP contribution < -0.4 is 5.32 Å². The molecule has 0 fully saturated rings. The van der Waals surface area contributed by atoms with Gasteiger partial charge in [-0.3, -0.25) is 4.99 Å². The molecule has 102 valence electrons. The zero-order chi connectivity index (χ0) is 13.8. The van der Waals surface area contributed by atoms with Crippen molar-refractivity contribution in [1.82, 2.24) is 5.32 Å². The van der Waals surface area contributed by atoms with Gasteiger partial charge in [-0.05, 0) is 54.0 Å². The van der Waals surface area contributed by atoms with Gasteiger partial charge in [0.25, 0.3) is 0 Å². The fraction of sp³-hybridized carbons (Fsp3) is 0.533. The van der Waals surface area contributed by atoms with Crippen molar-refractivity contribution < 1.29 is 0 Å². The van der Waals surface area contributed by atoms with E-state index < -0.39 is 0 Å². The van der Waals surface area contributed by atoms with E-state index in [1.54, 1.807) is 0 Å². The molecular formula is C15H25IN2. The third-order valence-corrected chi connectivity index (χ3v) is 2.74. The van der Waals surface area contributed by atoms with Crippen molar-refractivity contribution >= 4 is 28.8 Å². The molecule has 0 aliphatic heterocycles. The van der Waals surface area contributed by atoms with Crippen LogP contribution >= 0.6 is 22.6 Å². The van der Waals surface area contributed by atoms with Crippen molar-refractivity contribution in [3.63, 3.8) is 0 Å². The molecule has 1 N–H and O–H groups in total. The van der Waals surface area contributed by atoms with Crippen LogP contribution in [0.2, 0.25) is 0 Å². The molecule has 18 heavy (non-hydrogen) atoms. The lowest BCUT2D eigenvalue weighted by Crippen LogP contribution is -2.18. The molecule has 0 aromatic carbocycles. The van der Waals surface area contributed by atoms with Gasteiger partial charge in [0, 0.05) is 22.5 Å². The lowest BCUT2D eigenvalue weighted by Gasteiger charge is -2.02. The van der Waals surface area contributed by atoms with Crippen molar-refractivity contribution in [1.29, 1.82) is 0 Å². The van der Waals surface area contributed by atoms with E-state index in [0.29, 0.717) is 5.92 Å². The summed E-state index contributed by atoms with van der Waals surface area (Å²) in [5, 5.41) is 3.35. The Hall–Kier alpha value is -0.420. The second kappa shape index (κ2) is 11.7. The lowest BCUT2D eigenvalue weighted by molar-refractivity contribution is 0.689. The summed E-state index contributed by atoms with van der Waals surface area (Å²) in [6.07, 6.45) is 10.5. The summed E-state index contributed by atoms with van der Waals surface area (Å²) in [6.45, 7) is 12.2. The van der Waals surface area contributed by atoms with Crippen LogP contribution in [0.15, 0.2) is 39.1 Å². The van der Waals surface area contributed by atoms with Crippen LogP contribution in [-0.4, -0.2) is 19.3 Å². The number of halogens is 1. The van der Waals surface area contributed by atoms with Gasteiger partial charge in [0.1, 0.15) is 0 Å². The Balaban J connectivity index is 3.61. The minimum atomic E-state index is 0.690. The van der Waals surface area contributed by atoms with Gasteiger partial charge in [-0.2, -0.15) is 0 Å². The number of nitrogens with zero attached hydrogens (tertiary/aromatic N) is 1. The molecule has 0 aromatic rings. The molecule has 0 spiro atoms. The van der Waals surface area contributed by atoms with E-state index in [9.17, 15) is 0 Å². The first-order valence-corrected chi connectivity index (χ1v) is 7.54. The average Bonchev–Trinajstić information content (AvgIpc) is 2.32. The van der Waals surface area contributed by atoms with Crippen molar-refractivity contribution in [2.75, 3.05) is 13.1 Å². The highest BCUT2D eigenvalue weighted by atomic mass is 127. The zero-order valence-electron chi connectivity index (χ0n) is 11.7. The van der Waals surface area contributed by atoms with Crippen LogP contribution in [0.5, 0.6) is 0 Å². The largest absolute Gasteiger partial charge is 0.312 e. The second-order valence-corrected chi connectivity index (χ2v) is 6.13. The van der Waals surface area contributed by atoms with Crippen molar-refractivity contribution in [3.05, 3.63) is 34.1 Å². The first-order valence-electron chi connectivity index (χ1n) is 6.46. The highest BCUT2D eigenvalue weighted by Crippen LogP contribution is 2.02. The summed E-state index contributed by atoms with van der Waals surface area (Å²) in [6, 6.07) is 0. The van der Waals surface area contributed by atoms with Crippen molar-refractivity contribution in [3.8, 4) is 0 Å². The van der Waals surface area contributed by atoms with Crippen LogP contribution in [-0.2, 0) is 0 Å². The zero-order valence-corrected chi connectivity index (χ0v) is 13.9. The molecule has 1 atom stereocenters. The number of rotatable bonds is 9. The van der Waals surface area contributed by atoms with Gasteiger partial charge in [0.05, 0.1) is 0 Å². The normalized spacial score (nSPS) is 14.6. The molecule has 0 aliphatic rings. The maximum atomic E-state index is 4.17. The Morgan fingerprint density at radius 1 is 1.50 bits per heavy atom. The smallest absolute Gasteiger partial charge is 0.0357 e. The topological polar surface area (TPSA) is 24.4 Å². The standard InChI is InChI=1S/C15H25IN2/c1-5-13(2)8-6-7-9-17-10-14(3)11-18-12-15(4)16/h6,8,11-13,17H,3,5,7,9-10H2,1-2,4H3/b8-6-,15-12+,18-11-/t13-/m1/s1. The van der Waals surface area contributed by atoms with E-state index >= 15 is 0 Å². The monoisotopic (exact) mass is 360 g/mol. The summed E-state index contributed by atoms with van der Waals surface area (Å²) in [7, 11) is 0. The summed E-state index contributed by atoms with van der Waals surface area (Å²) in [5.41, 5.74) is 1.01. The van der Waals surface area contributed by atoms with E-state index in [-0.39, 0.29) is 0 Å². The van der Waals surface area contributed by atoms with Crippen LogP contribution in [0, 0.1) is 5.92 Å². The maximum Gasteiger partial charge on any atom is 0.0357 e. The quantitative estimate of drug-likeness (QED) is 0.279. The molecular weight excluding hydrogens is 335 g/mol. The first-order chi connectivity index (χ1) is 8.56. The molecule has 0 aromatic heterocycles. The Morgan fingerprint density at radius 2 is 2.22 bits per heavy atom. The number of hydrogen-bond donors (Lipinski definition) is 1. The van der Waals surface area contributed by atoms with E-state index in [4.69, 9.17) is 0 Å². The molecule has 0 bridgehead atoms. The highest BCUT2D eigenvalue weighted by Gasteiger charge is 1.91. The van der Waals surface area contributed by atoms with Gasteiger partial charge >= 0.3 is 0 Å². The summed E-state index contributed by atoms with van der Waals surface area (Å²) in [5.74, 6) is 0.690. The Kier molecular flexibility index (Phi) is 11.4. The summed E-state index contributed by atoms with van der Waals surface area (Å²) in [4.78, 5) is 4.17. The second-order valence-electron chi connectivity index (χ2n) is 4.43. The molecule has 0 heterocycles. The fourth-order valence-corrected chi connectivity index (χ4v) is 1.35. The van der Waals surface area contributed by atoms with Gasteiger partial charge in [-0.1, -0.05) is 39.0 Å². The number of aliphatic imine (C=N–C) groups is 1. The Labute approximate surface area is 125 Å². The van der Waals surface area contributed by atoms with E-state index in [2.05, 4.69) is 65.5 Å².